The van der Waals surface area contributed by atoms with E-state index >= 15 is 0 Å². The summed E-state index contributed by atoms with van der Waals surface area (Å²) in [7, 11) is 0. The summed E-state index contributed by atoms with van der Waals surface area (Å²) in [5, 5.41) is 0. The van der Waals surface area contributed by atoms with Gasteiger partial charge in [0.25, 0.3) is 0 Å². The van der Waals surface area contributed by atoms with Crippen molar-refractivity contribution >= 4 is 12.0 Å². The summed E-state index contributed by atoms with van der Waals surface area (Å²) in [6.45, 7) is 1.38. The van der Waals surface area contributed by atoms with Gasteiger partial charge < -0.3 is 5.73 Å². The number of nitrogens with two attached hydrogens (primary N) is 1. The van der Waals surface area contributed by atoms with Crippen molar-refractivity contribution in [2.45, 2.75) is 13.1 Å². The first kappa shape index (κ1) is 12.3. The molecule has 1 aromatic carbocycles. The predicted octanol–water partition coefficient (Wildman–Crippen LogP) is 2.51. The lowest BCUT2D eigenvalue weighted by Crippen LogP contribution is -2.08. The van der Waals surface area contributed by atoms with Crippen molar-refractivity contribution in [3.8, 4) is 0 Å². The average Bonchev–Trinajstić information content (AvgIpc) is 2.14. The molecule has 0 bridgehead atoms. The van der Waals surface area contributed by atoms with Crippen LogP contribution in [0.1, 0.15) is 16.7 Å². The Balaban J connectivity index is 3.13. The van der Waals surface area contributed by atoms with Gasteiger partial charge >= 0.3 is 6.18 Å². The molecule has 1 aromatic rings. The highest BCUT2D eigenvalue weighted by atomic mass is 19.4. The summed E-state index contributed by atoms with van der Waals surface area (Å²) in [6, 6.07) is 3.82. The molecule has 0 aromatic heterocycles. The topological polar surface area (TPSA) is 43.1 Å². The third kappa shape index (κ3) is 3.12. The summed E-state index contributed by atoms with van der Waals surface area (Å²) in [4.78, 5) is 10.4. The lowest BCUT2D eigenvalue weighted by Gasteiger charge is -2.10. The van der Waals surface area contributed by atoms with Crippen LogP contribution >= 0.6 is 0 Å². The van der Waals surface area contributed by atoms with Gasteiger partial charge in [-0.05, 0) is 30.2 Å². The molecule has 0 aliphatic rings. The molecular weight excluding hydrogens is 219 g/mol. The molecule has 2 nitrogen and oxygen atoms in total. The minimum Gasteiger partial charge on any atom is -0.366 e. The fourth-order valence-corrected chi connectivity index (χ4v) is 1.23. The number of amides is 1. The molecule has 0 spiro atoms. The molecule has 1 amide bonds. The second kappa shape index (κ2) is 4.38. The monoisotopic (exact) mass is 229 g/mol. The van der Waals surface area contributed by atoms with Crippen LogP contribution < -0.4 is 5.73 Å². The lowest BCUT2D eigenvalue weighted by atomic mass is 10.0. The SMILES string of the molecule is Cc1ccc(C=CC(N)=O)cc1C(F)(F)F. The van der Waals surface area contributed by atoms with Crippen LogP contribution in [-0.2, 0) is 11.0 Å². The number of benzene rings is 1. The molecule has 0 aliphatic heterocycles. The molecular formula is C11H10F3NO. The summed E-state index contributed by atoms with van der Waals surface area (Å²) < 4.78 is 37.5. The van der Waals surface area contributed by atoms with Gasteiger partial charge in [0.1, 0.15) is 0 Å². The molecule has 2 N–H and O–H groups in total. The predicted molar refractivity (Wildman–Crippen MR) is 54.4 cm³/mol. The molecule has 0 unspecified atom stereocenters. The number of hydrogen-bond acceptors (Lipinski definition) is 1. The molecule has 16 heavy (non-hydrogen) atoms. The molecule has 0 heterocycles. The van der Waals surface area contributed by atoms with Gasteiger partial charge in [0.05, 0.1) is 5.56 Å². The zero-order chi connectivity index (χ0) is 12.3. The van der Waals surface area contributed by atoms with Gasteiger partial charge in [-0.25, -0.2) is 0 Å². The van der Waals surface area contributed by atoms with Crippen molar-refractivity contribution in [2.24, 2.45) is 5.73 Å². The van der Waals surface area contributed by atoms with Crippen molar-refractivity contribution in [1.29, 1.82) is 0 Å². The number of carbonyl (C=O) groups is 1. The van der Waals surface area contributed by atoms with Crippen LogP contribution in [0.5, 0.6) is 0 Å². The highest BCUT2D eigenvalue weighted by molar-refractivity contribution is 5.90. The molecule has 0 saturated heterocycles. The van der Waals surface area contributed by atoms with E-state index < -0.39 is 17.6 Å². The Kier molecular flexibility index (Phi) is 3.37. The van der Waals surface area contributed by atoms with E-state index in [0.29, 0.717) is 0 Å². The second-order valence-electron chi connectivity index (χ2n) is 3.31. The van der Waals surface area contributed by atoms with Crippen LogP contribution in [0.4, 0.5) is 13.2 Å². The zero-order valence-corrected chi connectivity index (χ0v) is 8.51. The Bertz CT molecular complexity index is 435. The molecule has 0 atom stereocenters. The van der Waals surface area contributed by atoms with Crippen molar-refractivity contribution in [1.82, 2.24) is 0 Å². The van der Waals surface area contributed by atoms with Gasteiger partial charge in [0.15, 0.2) is 0 Å². The normalized spacial score (nSPS) is 12.0. The summed E-state index contributed by atoms with van der Waals surface area (Å²) in [5.41, 5.74) is 4.57. The van der Waals surface area contributed by atoms with Crippen LogP contribution in [0.25, 0.3) is 6.08 Å². The number of carbonyl (C=O) groups excluding carboxylic acids is 1. The second-order valence-corrected chi connectivity index (χ2v) is 3.31. The number of rotatable bonds is 2. The first-order chi connectivity index (χ1) is 7.30. The third-order valence-corrected chi connectivity index (χ3v) is 2.01. The van der Waals surface area contributed by atoms with E-state index in [1.54, 1.807) is 0 Å². The molecule has 5 heteroatoms. The first-order valence-corrected chi connectivity index (χ1v) is 4.46. The lowest BCUT2D eigenvalue weighted by molar-refractivity contribution is -0.138. The van der Waals surface area contributed by atoms with Gasteiger partial charge in [-0.15, -0.1) is 0 Å². The summed E-state index contributed by atoms with van der Waals surface area (Å²) in [6.07, 6.45) is -2.12. The molecule has 0 aliphatic carbocycles. The minimum absolute atomic E-state index is 0.142. The quantitative estimate of drug-likeness (QED) is 0.778. The fourth-order valence-electron chi connectivity index (χ4n) is 1.23. The van der Waals surface area contributed by atoms with Crippen molar-refractivity contribution < 1.29 is 18.0 Å². The van der Waals surface area contributed by atoms with Crippen LogP contribution in [0, 0.1) is 6.92 Å². The zero-order valence-electron chi connectivity index (χ0n) is 8.51. The van der Waals surface area contributed by atoms with Crippen LogP contribution in [0.3, 0.4) is 0 Å². The Morgan fingerprint density at radius 3 is 2.50 bits per heavy atom. The molecule has 0 radical (unpaired) electrons. The standard InChI is InChI=1S/C11H10F3NO/c1-7-2-3-8(4-5-10(15)16)6-9(7)11(12,13)14/h2-6H,1H3,(H2,15,16). The van der Waals surface area contributed by atoms with Crippen molar-refractivity contribution in [2.75, 3.05) is 0 Å². The van der Waals surface area contributed by atoms with E-state index in [0.717, 1.165) is 12.1 Å². The van der Waals surface area contributed by atoms with E-state index in [4.69, 9.17) is 5.73 Å². The van der Waals surface area contributed by atoms with E-state index in [2.05, 4.69) is 0 Å². The van der Waals surface area contributed by atoms with Gasteiger partial charge in [0, 0.05) is 6.08 Å². The summed E-state index contributed by atoms with van der Waals surface area (Å²) in [5.74, 6) is -0.700. The van der Waals surface area contributed by atoms with Gasteiger partial charge in [-0.1, -0.05) is 12.1 Å². The largest absolute Gasteiger partial charge is 0.416 e. The fraction of sp³-hybridized carbons (Fsp3) is 0.182. The van der Waals surface area contributed by atoms with Crippen molar-refractivity contribution in [3.05, 3.63) is 41.0 Å². The average molecular weight is 229 g/mol. The Morgan fingerprint density at radius 1 is 1.38 bits per heavy atom. The number of primary amides is 1. The maximum absolute atomic E-state index is 12.5. The summed E-state index contributed by atoms with van der Waals surface area (Å²) >= 11 is 0. The van der Waals surface area contributed by atoms with E-state index in [-0.39, 0.29) is 11.1 Å². The molecule has 0 fully saturated rings. The number of aryl methyl sites for hydroxylation is 1. The van der Waals surface area contributed by atoms with Crippen LogP contribution in [0.15, 0.2) is 24.3 Å². The first-order valence-electron chi connectivity index (χ1n) is 4.46. The van der Waals surface area contributed by atoms with E-state index in [1.165, 1.54) is 25.1 Å². The van der Waals surface area contributed by atoms with Crippen molar-refractivity contribution in [3.63, 3.8) is 0 Å². The molecule has 1 rings (SSSR count). The molecule has 86 valence electrons. The number of hydrogen-bond donors (Lipinski definition) is 1. The number of alkyl halides is 3. The molecule has 0 saturated carbocycles. The van der Waals surface area contributed by atoms with E-state index in [9.17, 15) is 18.0 Å². The van der Waals surface area contributed by atoms with Crippen LogP contribution in [0.2, 0.25) is 0 Å². The maximum Gasteiger partial charge on any atom is 0.416 e. The highest BCUT2D eigenvalue weighted by Gasteiger charge is 2.32. The van der Waals surface area contributed by atoms with E-state index in [1.807, 2.05) is 0 Å². The third-order valence-electron chi connectivity index (χ3n) is 2.01. The Morgan fingerprint density at radius 2 is 2.00 bits per heavy atom. The highest BCUT2D eigenvalue weighted by Crippen LogP contribution is 2.32. The van der Waals surface area contributed by atoms with Gasteiger partial charge in [0.2, 0.25) is 5.91 Å². The Labute approximate surface area is 90.6 Å². The smallest absolute Gasteiger partial charge is 0.366 e. The van der Waals surface area contributed by atoms with Gasteiger partial charge in [-0.3, -0.25) is 4.79 Å². The van der Waals surface area contributed by atoms with Gasteiger partial charge in [-0.2, -0.15) is 13.2 Å². The Hall–Kier alpha value is -1.78. The maximum atomic E-state index is 12.5. The van der Waals surface area contributed by atoms with Crippen LogP contribution in [-0.4, -0.2) is 5.91 Å². The number of halogens is 3. The minimum atomic E-state index is -4.39.